The van der Waals surface area contributed by atoms with E-state index in [0.29, 0.717) is 12.3 Å². The van der Waals surface area contributed by atoms with E-state index in [9.17, 15) is 9.18 Å². The highest BCUT2D eigenvalue weighted by molar-refractivity contribution is 8.00. The molecule has 0 aliphatic carbocycles. The molecule has 17 heavy (non-hydrogen) atoms. The first kappa shape index (κ1) is 16.8. The Labute approximate surface area is 108 Å². The lowest BCUT2D eigenvalue weighted by Gasteiger charge is -2.13. The molecule has 0 saturated carbocycles. The molecule has 0 bridgehead atoms. The Bertz CT molecular complexity index is 198. The largest absolute Gasteiger partial charge is 0.480 e. The summed E-state index contributed by atoms with van der Waals surface area (Å²) in [6, 6.07) is 0. The van der Waals surface area contributed by atoms with E-state index in [0.717, 1.165) is 37.9 Å². The summed E-state index contributed by atoms with van der Waals surface area (Å²) in [5.74, 6) is 0.633. The third-order valence-corrected chi connectivity index (χ3v) is 3.88. The van der Waals surface area contributed by atoms with Gasteiger partial charge in [-0.1, -0.05) is 33.1 Å². The number of carboxylic acid groups (broad SMARTS) is 1. The Hall–Kier alpha value is -0.250. The normalized spacial score (nSPS) is 12.9. The third-order valence-electron chi connectivity index (χ3n) is 2.56. The van der Waals surface area contributed by atoms with E-state index in [4.69, 9.17) is 5.11 Å². The SMILES string of the molecule is CC(C)CC(SCCCCCCCF)C(=O)O. The molecule has 0 amide bonds. The number of rotatable bonds is 11. The fraction of sp³-hybridized carbons (Fsp3) is 0.923. The van der Waals surface area contributed by atoms with Crippen molar-refractivity contribution in [2.75, 3.05) is 12.4 Å². The first-order chi connectivity index (χ1) is 8.07. The van der Waals surface area contributed by atoms with Gasteiger partial charge in [0, 0.05) is 0 Å². The van der Waals surface area contributed by atoms with E-state index in [1.54, 1.807) is 11.8 Å². The lowest BCUT2D eigenvalue weighted by atomic mass is 10.1. The zero-order valence-corrected chi connectivity index (χ0v) is 11.8. The number of hydrogen-bond donors (Lipinski definition) is 1. The van der Waals surface area contributed by atoms with Crippen molar-refractivity contribution in [3.8, 4) is 0 Å². The molecule has 1 atom stereocenters. The van der Waals surface area contributed by atoms with Gasteiger partial charge in [0.25, 0.3) is 0 Å². The maximum absolute atomic E-state index is 11.8. The molecule has 0 aromatic carbocycles. The number of aliphatic carboxylic acids is 1. The van der Waals surface area contributed by atoms with Crippen LogP contribution in [-0.4, -0.2) is 28.8 Å². The monoisotopic (exact) mass is 264 g/mol. The zero-order valence-electron chi connectivity index (χ0n) is 11.0. The quantitative estimate of drug-likeness (QED) is 0.570. The average molecular weight is 264 g/mol. The van der Waals surface area contributed by atoms with Crippen LogP contribution < -0.4 is 0 Å². The number of hydrogen-bond acceptors (Lipinski definition) is 2. The summed E-state index contributed by atoms with van der Waals surface area (Å²) in [6.07, 6.45) is 5.54. The smallest absolute Gasteiger partial charge is 0.316 e. The van der Waals surface area contributed by atoms with Crippen LogP contribution in [0.3, 0.4) is 0 Å². The molecule has 0 saturated heterocycles. The van der Waals surface area contributed by atoms with Crippen LogP contribution in [0.4, 0.5) is 4.39 Å². The first-order valence-electron chi connectivity index (χ1n) is 6.48. The van der Waals surface area contributed by atoms with E-state index in [-0.39, 0.29) is 11.9 Å². The molecule has 0 radical (unpaired) electrons. The summed E-state index contributed by atoms with van der Waals surface area (Å²) in [6.45, 7) is 3.88. The van der Waals surface area contributed by atoms with Crippen LogP contribution in [0.2, 0.25) is 0 Å². The van der Waals surface area contributed by atoms with Crippen molar-refractivity contribution in [3.05, 3.63) is 0 Å². The Morgan fingerprint density at radius 2 is 1.76 bits per heavy atom. The average Bonchev–Trinajstić information content (AvgIpc) is 2.25. The van der Waals surface area contributed by atoms with Crippen molar-refractivity contribution in [3.63, 3.8) is 0 Å². The molecule has 0 heterocycles. The summed E-state index contributed by atoms with van der Waals surface area (Å²) < 4.78 is 11.8. The molecule has 1 unspecified atom stereocenters. The number of carboxylic acids is 1. The Morgan fingerprint density at radius 1 is 1.18 bits per heavy atom. The molecule has 4 heteroatoms. The van der Waals surface area contributed by atoms with Gasteiger partial charge in [-0.05, 0) is 30.9 Å². The molecular weight excluding hydrogens is 239 g/mol. The molecule has 0 rings (SSSR count). The third kappa shape index (κ3) is 10.6. The molecule has 102 valence electrons. The van der Waals surface area contributed by atoms with E-state index in [1.165, 1.54) is 0 Å². The standard InChI is InChI=1S/C13H25FO2S/c1-11(2)10-12(13(15)16)17-9-7-5-3-4-6-8-14/h11-12H,3-10H2,1-2H3,(H,15,16). The van der Waals surface area contributed by atoms with Crippen LogP contribution in [0.1, 0.15) is 52.4 Å². The van der Waals surface area contributed by atoms with Gasteiger partial charge in [0.1, 0.15) is 5.25 Å². The number of carbonyl (C=O) groups is 1. The summed E-state index contributed by atoms with van der Waals surface area (Å²) in [5.41, 5.74) is 0. The van der Waals surface area contributed by atoms with Crippen molar-refractivity contribution >= 4 is 17.7 Å². The zero-order chi connectivity index (χ0) is 13.1. The highest BCUT2D eigenvalue weighted by Crippen LogP contribution is 2.21. The second-order valence-corrected chi connectivity index (χ2v) is 6.09. The highest BCUT2D eigenvalue weighted by Gasteiger charge is 2.18. The Balaban J connectivity index is 3.51. The van der Waals surface area contributed by atoms with Crippen molar-refractivity contribution in [1.29, 1.82) is 0 Å². The minimum Gasteiger partial charge on any atom is -0.480 e. The fourth-order valence-corrected chi connectivity index (χ4v) is 2.94. The van der Waals surface area contributed by atoms with Crippen molar-refractivity contribution < 1.29 is 14.3 Å². The van der Waals surface area contributed by atoms with Gasteiger partial charge in [-0.15, -0.1) is 11.8 Å². The van der Waals surface area contributed by atoms with E-state index >= 15 is 0 Å². The maximum Gasteiger partial charge on any atom is 0.316 e. The molecule has 0 aliphatic rings. The summed E-state index contributed by atoms with van der Waals surface area (Å²) in [4.78, 5) is 11.0. The second kappa shape index (κ2) is 10.9. The lowest BCUT2D eigenvalue weighted by molar-refractivity contribution is -0.136. The summed E-state index contributed by atoms with van der Waals surface area (Å²) >= 11 is 1.55. The van der Waals surface area contributed by atoms with Crippen LogP contribution in [0.15, 0.2) is 0 Å². The predicted molar refractivity (Wildman–Crippen MR) is 72.4 cm³/mol. The van der Waals surface area contributed by atoms with Gasteiger partial charge in [-0.25, -0.2) is 0 Å². The topological polar surface area (TPSA) is 37.3 Å². The molecule has 0 fully saturated rings. The van der Waals surface area contributed by atoms with Gasteiger partial charge in [0.15, 0.2) is 0 Å². The van der Waals surface area contributed by atoms with Gasteiger partial charge in [-0.3, -0.25) is 9.18 Å². The van der Waals surface area contributed by atoms with E-state index in [2.05, 4.69) is 0 Å². The molecule has 0 aromatic rings. The van der Waals surface area contributed by atoms with Crippen molar-refractivity contribution in [1.82, 2.24) is 0 Å². The van der Waals surface area contributed by atoms with E-state index < -0.39 is 5.97 Å². The highest BCUT2D eigenvalue weighted by atomic mass is 32.2. The van der Waals surface area contributed by atoms with Gasteiger partial charge < -0.3 is 5.11 Å². The first-order valence-corrected chi connectivity index (χ1v) is 7.53. The number of halogens is 1. The Kier molecular flexibility index (Phi) is 10.7. The van der Waals surface area contributed by atoms with Gasteiger partial charge in [0.05, 0.1) is 6.67 Å². The van der Waals surface area contributed by atoms with Gasteiger partial charge >= 0.3 is 5.97 Å². The minimum atomic E-state index is -0.693. The molecule has 0 spiro atoms. The van der Waals surface area contributed by atoms with Gasteiger partial charge in [-0.2, -0.15) is 0 Å². The fourth-order valence-electron chi connectivity index (χ4n) is 1.62. The molecule has 2 nitrogen and oxygen atoms in total. The molecular formula is C13H25FO2S. The molecule has 1 N–H and O–H groups in total. The number of unbranched alkanes of at least 4 members (excludes halogenated alkanes) is 4. The van der Waals surface area contributed by atoms with Crippen molar-refractivity contribution in [2.45, 2.75) is 57.6 Å². The van der Waals surface area contributed by atoms with Crippen LogP contribution in [0.25, 0.3) is 0 Å². The summed E-state index contributed by atoms with van der Waals surface area (Å²) in [5, 5.41) is 8.77. The van der Waals surface area contributed by atoms with E-state index in [1.807, 2.05) is 13.8 Å². The van der Waals surface area contributed by atoms with Crippen LogP contribution in [-0.2, 0) is 4.79 Å². The second-order valence-electron chi connectivity index (χ2n) is 4.78. The van der Waals surface area contributed by atoms with Crippen molar-refractivity contribution in [2.24, 2.45) is 5.92 Å². The van der Waals surface area contributed by atoms with Gasteiger partial charge in [0.2, 0.25) is 0 Å². The molecule has 0 aromatic heterocycles. The number of thioether (sulfide) groups is 1. The number of alkyl halides is 1. The van der Waals surface area contributed by atoms with Crippen LogP contribution >= 0.6 is 11.8 Å². The van der Waals surface area contributed by atoms with Crippen LogP contribution in [0.5, 0.6) is 0 Å². The Morgan fingerprint density at radius 3 is 2.29 bits per heavy atom. The lowest BCUT2D eigenvalue weighted by Crippen LogP contribution is -2.19. The molecule has 0 aliphatic heterocycles. The predicted octanol–water partition coefficient (Wildman–Crippen LogP) is 4.14. The summed E-state index contributed by atoms with van der Waals surface area (Å²) in [7, 11) is 0. The maximum atomic E-state index is 11.8. The van der Waals surface area contributed by atoms with Crippen LogP contribution in [0, 0.1) is 5.92 Å². The minimum absolute atomic E-state index is 0.218.